The molecule has 15 heavy (non-hydrogen) atoms. The summed E-state index contributed by atoms with van der Waals surface area (Å²) < 4.78 is 11.9. The Balaban J connectivity index is 2.23. The van der Waals surface area contributed by atoms with Crippen molar-refractivity contribution < 1.29 is 14.6 Å². The molecule has 1 fully saturated rings. The highest BCUT2D eigenvalue weighted by Crippen LogP contribution is 2.41. The molecular formula is C10H10Br2O3. The van der Waals surface area contributed by atoms with Crippen molar-refractivity contribution in [1.82, 2.24) is 0 Å². The molecule has 0 aliphatic carbocycles. The number of phenolic OH excluding ortho intramolecular Hbond substituents is 1. The smallest absolute Gasteiger partial charge is 0.147 e. The second kappa shape index (κ2) is 4.31. The molecule has 0 saturated carbocycles. The van der Waals surface area contributed by atoms with Crippen LogP contribution in [0, 0.1) is 6.92 Å². The first-order valence-corrected chi connectivity index (χ1v) is 6.10. The normalized spacial score (nSPS) is 19.0. The minimum absolute atomic E-state index is 0.160. The number of rotatable bonds is 3. The summed E-state index contributed by atoms with van der Waals surface area (Å²) in [7, 11) is 0. The highest BCUT2D eigenvalue weighted by atomic mass is 79.9. The first kappa shape index (κ1) is 11.2. The van der Waals surface area contributed by atoms with Crippen LogP contribution in [0.25, 0.3) is 0 Å². The molecule has 1 aromatic carbocycles. The molecule has 82 valence electrons. The Kier molecular flexibility index (Phi) is 3.23. The van der Waals surface area contributed by atoms with Crippen molar-refractivity contribution in [3.8, 4) is 11.5 Å². The summed E-state index contributed by atoms with van der Waals surface area (Å²) in [6.45, 7) is 3.22. The number of aromatic hydroxyl groups is 1. The van der Waals surface area contributed by atoms with Gasteiger partial charge in [-0.3, -0.25) is 0 Å². The van der Waals surface area contributed by atoms with Crippen molar-refractivity contribution in [2.75, 3.05) is 13.2 Å². The van der Waals surface area contributed by atoms with E-state index in [4.69, 9.17) is 9.47 Å². The van der Waals surface area contributed by atoms with Crippen LogP contribution in [0.1, 0.15) is 5.56 Å². The fourth-order valence-electron chi connectivity index (χ4n) is 1.23. The zero-order valence-corrected chi connectivity index (χ0v) is 11.3. The fourth-order valence-corrected chi connectivity index (χ4v) is 2.68. The lowest BCUT2D eigenvalue weighted by molar-refractivity contribution is 0.259. The Morgan fingerprint density at radius 1 is 1.60 bits per heavy atom. The number of halogens is 2. The SMILES string of the molecule is Cc1cc(Br)c(O)c(Br)c1OCC1CO1. The van der Waals surface area contributed by atoms with Crippen molar-refractivity contribution in [3.05, 3.63) is 20.6 Å². The maximum Gasteiger partial charge on any atom is 0.147 e. The first-order chi connectivity index (χ1) is 7.09. The highest BCUT2D eigenvalue weighted by molar-refractivity contribution is 9.11. The van der Waals surface area contributed by atoms with Gasteiger partial charge in [-0.2, -0.15) is 0 Å². The van der Waals surface area contributed by atoms with Crippen LogP contribution >= 0.6 is 31.9 Å². The number of hydrogen-bond donors (Lipinski definition) is 1. The van der Waals surface area contributed by atoms with Gasteiger partial charge in [0.25, 0.3) is 0 Å². The average molecular weight is 338 g/mol. The molecule has 0 amide bonds. The average Bonchev–Trinajstić information content (AvgIpc) is 2.98. The van der Waals surface area contributed by atoms with Crippen LogP contribution in [-0.2, 0) is 4.74 Å². The van der Waals surface area contributed by atoms with E-state index >= 15 is 0 Å². The van der Waals surface area contributed by atoms with E-state index in [0.29, 0.717) is 21.3 Å². The topological polar surface area (TPSA) is 42.0 Å². The van der Waals surface area contributed by atoms with E-state index in [0.717, 1.165) is 12.2 Å². The molecule has 1 atom stereocenters. The van der Waals surface area contributed by atoms with E-state index < -0.39 is 0 Å². The summed E-state index contributed by atoms with van der Waals surface area (Å²) in [5, 5.41) is 9.69. The van der Waals surface area contributed by atoms with E-state index in [1.54, 1.807) is 0 Å². The number of benzene rings is 1. The summed E-state index contributed by atoms with van der Waals surface area (Å²) in [4.78, 5) is 0. The molecule has 5 heteroatoms. The van der Waals surface area contributed by atoms with Crippen LogP contribution < -0.4 is 4.74 Å². The lowest BCUT2D eigenvalue weighted by Gasteiger charge is -2.12. The van der Waals surface area contributed by atoms with Crippen LogP contribution in [-0.4, -0.2) is 24.4 Å². The lowest BCUT2D eigenvalue weighted by atomic mass is 10.2. The Labute approximate surface area is 105 Å². The molecular weight excluding hydrogens is 328 g/mol. The quantitative estimate of drug-likeness (QED) is 0.862. The number of ether oxygens (including phenoxy) is 2. The Morgan fingerprint density at radius 2 is 2.27 bits per heavy atom. The first-order valence-electron chi connectivity index (χ1n) is 4.51. The summed E-state index contributed by atoms with van der Waals surface area (Å²) in [6, 6.07) is 1.82. The van der Waals surface area contributed by atoms with Gasteiger partial charge in [-0.1, -0.05) is 0 Å². The van der Waals surface area contributed by atoms with Gasteiger partial charge < -0.3 is 14.6 Å². The number of aryl methyl sites for hydroxylation is 1. The van der Waals surface area contributed by atoms with Crippen molar-refractivity contribution in [3.63, 3.8) is 0 Å². The molecule has 1 heterocycles. The molecule has 1 aromatic rings. The molecule has 3 nitrogen and oxygen atoms in total. The zero-order valence-electron chi connectivity index (χ0n) is 8.09. The Hall–Kier alpha value is -0.260. The van der Waals surface area contributed by atoms with Gasteiger partial charge in [0.05, 0.1) is 11.1 Å². The van der Waals surface area contributed by atoms with Gasteiger partial charge in [-0.15, -0.1) is 0 Å². The molecule has 1 aliphatic heterocycles. The van der Waals surface area contributed by atoms with E-state index in [1.807, 2.05) is 13.0 Å². The van der Waals surface area contributed by atoms with Crippen molar-refractivity contribution in [2.45, 2.75) is 13.0 Å². The van der Waals surface area contributed by atoms with E-state index in [1.165, 1.54) is 0 Å². The third-order valence-electron chi connectivity index (χ3n) is 2.15. The van der Waals surface area contributed by atoms with Crippen molar-refractivity contribution >= 4 is 31.9 Å². The molecule has 0 aromatic heterocycles. The standard InChI is InChI=1S/C10H10Br2O3/c1-5-2-7(11)9(13)8(12)10(5)15-4-6-3-14-6/h2,6,13H,3-4H2,1H3. The van der Waals surface area contributed by atoms with Crippen LogP contribution in [0.5, 0.6) is 11.5 Å². The van der Waals surface area contributed by atoms with Gasteiger partial charge in [0.1, 0.15) is 28.7 Å². The van der Waals surface area contributed by atoms with Crippen molar-refractivity contribution in [2.24, 2.45) is 0 Å². The van der Waals surface area contributed by atoms with Crippen molar-refractivity contribution in [1.29, 1.82) is 0 Å². The molecule has 1 aliphatic rings. The van der Waals surface area contributed by atoms with Gasteiger partial charge >= 0.3 is 0 Å². The van der Waals surface area contributed by atoms with E-state index in [9.17, 15) is 5.11 Å². The molecule has 2 rings (SSSR count). The highest BCUT2D eigenvalue weighted by Gasteiger charge is 2.24. The fraction of sp³-hybridized carbons (Fsp3) is 0.400. The molecule has 0 radical (unpaired) electrons. The second-order valence-electron chi connectivity index (χ2n) is 3.43. The summed E-state index contributed by atoms with van der Waals surface area (Å²) >= 11 is 6.57. The van der Waals surface area contributed by atoms with Gasteiger partial charge in [-0.25, -0.2) is 0 Å². The predicted molar refractivity (Wildman–Crippen MR) is 63.5 cm³/mol. The third-order valence-corrected chi connectivity index (χ3v) is 3.49. The molecule has 1 unspecified atom stereocenters. The number of phenols is 1. The summed E-state index contributed by atoms with van der Waals surface area (Å²) in [5.74, 6) is 0.832. The van der Waals surface area contributed by atoms with Gasteiger partial charge in [0.15, 0.2) is 0 Å². The number of epoxide rings is 1. The third kappa shape index (κ3) is 2.46. The van der Waals surface area contributed by atoms with Crippen LogP contribution in [0.4, 0.5) is 0 Å². The van der Waals surface area contributed by atoms with Crippen LogP contribution in [0.3, 0.4) is 0 Å². The van der Waals surface area contributed by atoms with E-state index in [-0.39, 0.29) is 11.9 Å². The monoisotopic (exact) mass is 336 g/mol. The molecule has 0 bridgehead atoms. The number of hydrogen-bond acceptors (Lipinski definition) is 3. The second-order valence-corrected chi connectivity index (χ2v) is 5.08. The van der Waals surface area contributed by atoms with Gasteiger partial charge in [0.2, 0.25) is 0 Å². The minimum atomic E-state index is 0.160. The maximum absolute atomic E-state index is 9.69. The Morgan fingerprint density at radius 3 is 2.87 bits per heavy atom. The molecule has 1 N–H and O–H groups in total. The summed E-state index contributed by atoms with van der Waals surface area (Å²) in [5.41, 5.74) is 0.965. The Bertz CT molecular complexity index is 389. The molecule has 0 spiro atoms. The zero-order chi connectivity index (χ0) is 11.0. The van der Waals surface area contributed by atoms with Crippen LogP contribution in [0.15, 0.2) is 15.0 Å². The van der Waals surface area contributed by atoms with Gasteiger partial charge in [0, 0.05) is 0 Å². The van der Waals surface area contributed by atoms with Gasteiger partial charge in [-0.05, 0) is 50.4 Å². The molecule has 1 saturated heterocycles. The van der Waals surface area contributed by atoms with E-state index in [2.05, 4.69) is 31.9 Å². The summed E-state index contributed by atoms with van der Waals surface area (Å²) in [6.07, 6.45) is 0.210. The minimum Gasteiger partial charge on any atom is -0.505 e. The maximum atomic E-state index is 9.69. The lowest BCUT2D eigenvalue weighted by Crippen LogP contribution is -2.05. The largest absolute Gasteiger partial charge is 0.505 e. The predicted octanol–water partition coefficient (Wildman–Crippen LogP) is 3.00. The van der Waals surface area contributed by atoms with Crippen LogP contribution in [0.2, 0.25) is 0 Å².